The zero-order valence-electron chi connectivity index (χ0n) is 16.4. The third kappa shape index (κ3) is 6.26. The zero-order valence-corrected chi connectivity index (χ0v) is 17.2. The Morgan fingerprint density at radius 2 is 1.76 bits per heavy atom. The third-order valence-electron chi connectivity index (χ3n) is 4.36. The number of nitrogens with zero attached hydrogens (tertiary/aromatic N) is 3. The summed E-state index contributed by atoms with van der Waals surface area (Å²) in [5, 5.41) is 10.5. The van der Waals surface area contributed by atoms with E-state index in [9.17, 15) is 14.4 Å². The van der Waals surface area contributed by atoms with Crippen LogP contribution in [0.25, 0.3) is 0 Å². The second-order valence-electron chi connectivity index (χ2n) is 6.85. The normalized spacial score (nSPS) is 14.3. The molecular weight excluding hydrogens is 392 g/mol. The number of piperazine rings is 1. The van der Waals surface area contributed by atoms with E-state index in [4.69, 9.17) is 0 Å². The van der Waals surface area contributed by atoms with E-state index in [0.717, 1.165) is 13.1 Å². The number of anilines is 3. The lowest BCUT2D eigenvalue weighted by atomic mass is 10.2. The van der Waals surface area contributed by atoms with Crippen LogP contribution in [0.1, 0.15) is 12.6 Å². The highest BCUT2D eigenvalue weighted by Gasteiger charge is 2.20. The molecule has 1 aromatic heterocycles. The summed E-state index contributed by atoms with van der Waals surface area (Å²) in [4.78, 5) is 44.0. The molecule has 0 saturated carbocycles. The largest absolute Gasteiger partial charge is 0.326 e. The van der Waals surface area contributed by atoms with Crippen LogP contribution in [0.3, 0.4) is 0 Å². The van der Waals surface area contributed by atoms with Crippen molar-refractivity contribution in [2.75, 3.05) is 49.2 Å². The maximum absolute atomic E-state index is 12.3. The summed E-state index contributed by atoms with van der Waals surface area (Å²) >= 11 is 1.29. The molecule has 0 spiro atoms. The Morgan fingerprint density at radius 1 is 1.07 bits per heavy atom. The third-order valence-corrected chi connectivity index (χ3v) is 5.17. The van der Waals surface area contributed by atoms with Crippen molar-refractivity contribution in [3.05, 3.63) is 35.3 Å². The monoisotopic (exact) mass is 416 g/mol. The van der Waals surface area contributed by atoms with Gasteiger partial charge in [0.15, 0.2) is 5.13 Å². The molecule has 1 saturated heterocycles. The fourth-order valence-corrected chi connectivity index (χ4v) is 3.57. The van der Waals surface area contributed by atoms with E-state index in [1.54, 1.807) is 34.5 Å². The number of hydrogen-bond donors (Lipinski definition) is 3. The van der Waals surface area contributed by atoms with E-state index in [0.29, 0.717) is 35.3 Å². The fourth-order valence-electron chi connectivity index (χ4n) is 2.87. The molecule has 1 aromatic carbocycles. The van der Waals surface area contributed by atoms with Crippen molar-refractivity contribution in [3.8, 4) is 0 Å². The van der Waals surface area contributed by atoms with Crippen LogP contribution in [0.5, 0.6) is 0 Å². The summed E-state index contributed by atoms with van der Waals surface area (Å²) in [6.07, 6.45) is 0.0885. The summed E-state index contributed by atoms with van der Waals surface area (Å²) in [5.74, 6) is -0.408. The molecule has 9 nitrogen and oxygen atoms in total. The quantitative estimate of drug-likeness (QED) is 0.692. The van der Waals surface area contributed by atoms with E-state index >= 15 is 0 Å². The molecular formula is C19H24N6O3S. The first-order chi connectivity index (χ1) is 13.9. The van der Waals surface area contributed by atoms with Gasteiger partial charge < -0.3 is 20.4 Å². The number of thiazole rings is 1. The van der Waals surface area contributed by atoms with Crippen LogP contribution in [0.4, 0.5) is 21.3 Å². The van der Waals surface area contributed by atoms with Crippen LogP contribution in [0.2, 0.25) is 0 Å². The van der Waals surface area contributed by atoms with Gasteiger partial charge in [0, 0.05) is 49.9 Å². The Bertz CT molecular complexity index is 892. The molecule has 2 heterocycles. The standard InChI is InChI=1S/C19H24N6O3S/c1-13(26)20-14-4-3-5-15(10-14)21-17(27)11-16-12-29-18(22-16)23-19(28)25-8-6-24(2)7-9-25/h3-5,10,12H,6-9,11H2,1-2H3,(H,20,26)(H,21,27)(H,22,23,28). The lowest BCUT2D eigenvalue weighted by molar-refractivity contribution is -0.116. The maximum Gasteiger partial charge on any atom is 0.323 e. The van der Waals surface area contributed by atoms with Crippen LogP contribution < -0.4 is 16.0 Å². The lowest BCUT2D eigenvalue weighted by Crippen LogP contribution is -2.48. The average molecular weight is 417 g/mol. The van der Waals surface area contributed by atoms with Gasteiger partial charge in [0.25, 0.3) is 0 Å². The number of benzene rings is 1. The summed E-state index contributed by atoms with van der Waals surface area (Å²) in [7, 11) is 2.03. The van der Waals surface area contributed by atoms with Crippen LogP contribution in [-0.2, 0) is 16.0 Å². The van der Waals surface area contributed by atoms with E-state index < -0.39 is 0 Å². The van der Waals surface area contributed by atoms with Gasteiger partial charge in [-0.2, -0.15) is 0 Å². The molecule has 0 bridgehead atoms. The molecule has 2 aromatic rings. The number of rotatable bonds is 5. The summed E-state index contributed by atoms with van der Waals surface area (Å²) in [6.45, 7) is 4.48. The molecule has 3 rings (SSSR count). The Labute approximate surface area is 173 Å². The molecule has 0 unspecified atom stereocenters. The Balaban J connectivity index is 1.51. The highest BCUT2D eigenvalue weighted by Crippen LogP contribution is 2.18. The number of carbonyl (C=O) groups is 3. The number of carbonyl (C=O) groups excluding carboxylic acids is 3. The lowest BCUT2D eigenvalue weighted by Gasteiger charge is -2.32. The Hall–Kier alpha value is -2.98. The zero-order chi connectivity index (χ0) is 20.8. The van der Waals surface area contributed by atoms with Crippen LogP contribution in [0.15, 0.2) is 29.6 Å². The van der Waals surface area contributed by atoms with Crippen LogP contribution in [-0.4, -0.2) is 65.9 Å². The number of nitrogens with one attached hydrogen (secondary N) is 3. The first-order valence-electron chi connectivity index (χ1n) is 9.25. The van der Waals surface area contributed by atoms with Gasteiger partial charge in [0.2, 0.25) is 11.8 Å². The molecule has 154 valence electrons. The Kier molecular flexibility index (Phi) is 6.78. The average Bonchev–Trinajstić information content (AvgIpc) is 3.08. The summed E-state index contributed by atoms with van der Waals surface area (Å²) in [6, 6.07) is 6.74. The number of hydrogen-bond acceptors (Lipinski definition) is 6. The van der Waals surface area contributed by atoms with Crippen molar-refractivity contribution >= 4 is 45.7 Å². The number of likely N-dealkylation sites (N-methyl/N-ethyl adjacent to an activating group) is 1. The number of amides is 4. The van der Waals surface area contributed by atoms with Gasteiger partial charge in [0.05, 0.1) is 12.1 Å². The predicted molar refractivity (Wildman–Crippen MR) is 113 cm³/mol. The van der Waals surface area contributed by atoms with Crippen molar-refractivity contribution in [1.82, 2.24) is 14.8 Å². The van der Waals surface area contributed by atoms with Gasteiger partial charge in [-0.15, -0.1) is 11.3 Å². The SMILES string of the molecule is CC(=O)Nc1cccc(NC(=O)Cc2csc(NC(=O)N3CCN(C)CC3)n2)c1. The topological polar surface area (TPSA) is 107 Å². The molecule has 1 fully saturated rings. The summed E-state index contributed by atoms with van der Waals surface area (Å²) in [5.41, 5.74) is 1.78. The molecule has 4 amide bonds. The summed E-state index contributed by atoms with van der Waals surface area (Å²) < 4.78 is 0. The minimum absolute atomic E-state index is 0.0885. The van der Waals surface area contributed by atoms with Gasteiger partial charge >= 0.3 is 6.03 Å². The second-order valence-corrected chi connectivity index (χ2v) is 7.71. The molecule has 1 aliphatic heterocycles. The van der Waals surface area contributed by atoms with Crippen molar-refractivity contribution < 1.29 is 14.4 Å². The molecule has 0 atom stereocenters. The van der Waals surface area contributed by atoms with E-state index in [2.05, 4.69) is 25.8 Å². The van der Waals surface area contributed by atoms with Crippen molar-refractivity contribution in [2.24, 2.45) is 0 Å². The molecule has 0 aliphatic carbocycles. The van der Waals surface area contributed by atoms with Crippen molar-refractivity contribution in [1.29, 1.82) is 0 Å². The van der Waals surface area contributed by atoms with Gasteiger partial charge in [-0.3, -0.25) is 14.9 Å². The van der Waals surface area contributed by atoms with E-state index in [-0.39, 0.29) is 24.3 Å². The molecule has 29 heavy (non-hydrogen) atoms. The maximum atomic E-state index is 12.3. The molecule has 1 aliphatic rings. The second kappa shape index (κ2) is 9.48. The molecule has 0 radical (unpaired) electrons. The van der Waals surface area contributed by atoms with Crippen molar-refractivity contribution in [3.63, 3.8) is 0 Å². The minimum Gasteiger partial charge on any atom is -0.326 e. The van der Waals surface area contributed by atoms with E-state index in [1.807, 2.05) is 7.05 Å². The fraction of sp³-hybridized carbons (Fsp3) is 0.368. The highest BCUT2D eigenvalue weighted by atomic mass is 32.1. The highest BCUT2D eigenvalue weighted by molar-refractivity contribution is 7.13. The minimum atomic E-state index is -0.229. The van der Waals surface area contributed by atoms with Crippen LogP contribution >= 0.6 is 11.3 Å². The Morgan fingerprint density at radius 3 is 2.45 bits per heavy atom. The number of urea groups is 1. The van der Waals surface area contributed by atoms with E-state index in [1.165, 1.54) is 18.3 Å². The van der Waals surface area contributed by atoms with Gasteiger partial charge in [-0.25, -0.2) is 9.78 Å². The van der Waals surface area contributed by atoms with Gasteiger partial charge in [-0.05, 0) is 25.2 Å². The van der Waals surface area contributed by atoms with Gasteiger partial charge in [-0.1, -0.05) is 6.07 Å². The first kappa shape index (κ1) is 20.7. The van der Waals surface area contributed by atoms with Crippen molar-refractivity contribution in [2.45, 2.75) is 13.3 Å². The molecule has 10 heteroatoms. The predicted octanol–water partition coefficient (Wildman–Crippen LogP) is 2.06. The molecule has 3 N–H and O–H groups in total. The number of aromatic nitrogens is 1. The van der Waals surface area contributed by atoms with Gasteiger partial charge in [0.1, 0.15) is 0 Å². The smallest absolute Gasteiger partial charge is 0.323 e. The van der Waals surface area contributed by atoms with Crippen LogP contribution in [0, 0.1) is 0 Å². The first-order valence-corrected chi connectivity index (χ1v) is 10.1.